The molecule has 20 heavy (non-hydrogen) atoms. The number of aromatic nitrogens is 4. The number of rotatable bonds is 2. The number of halogens is 2. The first-order valence-electron chi connectivity index (χ1n) is 6.19. The Bertz CT molecular complexity index is 803. The number of nitrogen functional groups attached to an aromatic ring is 1. The third-order valence-electron chi connectivity index (χ3n) is 3.19. The van der Waals surface area contributed by atoms with Crippen LogP contribution in [0.25, 0.3) is 16.9 Å². The molecule has 2 N–H and O–H groups in total. The zero-order chi connectivity index (χ0) is 14.4. The molecule has 5 nitrogen and oxygen atoms in total. The number of benzene rings is 1. The van der Waals surface area contributed by atoms with E-state index in [4.69, 9.17) is 28.9 Å². The smallest absolute Gasteiger partial charge is 0.207 e. The summed E-state index contributed by atoms with van der Waals surface area (Å²) < 4.78 is 3.64. The highest BCUT2D eigenvalue weighted by Gasteiger charge is 2.19. The van der Waals surface area contributed by atoms with Crippen molar-refractivity contribution in [3.8, 4) is 5.69 Å². The summed E-state index contributed by atoms with van der Waals surface area (Å²) in [6, 6.07) is 5.24. The molecule has 0 spiro atoms. The summed E-state index contributed by atoms with van der Waals surface area (Å²) in [6.07, 6.45) is 0. The lowest BCUT2D eigenvalue weighted by Gasteiger charge is -2.10. The van der Waals surface area contributed by atoms with E-state index in [2.05, 4.69) is 10.1 Å². The zero-order valence-corrected chi connectivity index (χ0v) is 12.6. The Morgan fingerprint density at radius 3 is 2.75 bits per heavy atom. The Balaban J connectivity index is 2.41. The summed E-state index contributed by atoms with van der Waals surface area (Å²) in [5, 5.41) is 5.59. The minimum absolute atomic E-state index is 0.367. The molecule has 0 fully saturated rings. The van der Waals surface area contributed by atoms with Crippen molar-refractivity contribution in [2.24, 2.45) is 0 Å². The van der Waals surface area contributed by atoms with E-state index in [0.29, 0.717) is 28.2 Å². The maximum absolute atomic E-state index is 6.27. The van der Waals surface area contributed by atoms with Crippen molar-refractivity contribution >= 4 is 40.3 Å². The molecule has 0 amide bonds. The monoisotopic (exact) mass is 309 g/mol. The standard InChI is InChI=1S/C13H13Cl2N5/c1-3-19-12-11(7(2)18-19)17-13(16)20(12)10-6-8(14)4-5-9(10)15/h4-6H,3H2,1-2H3,(H2,16,17). The molecule has 2 heterocycles. The second kappa shape index (κ2) is 4.68. The van der Waals surface area contributed by atoms with Crippen LogP contribution in [0.3, 0.4) is 0 Å². The predicted molar refractivity (Wildman–Crippen MR) is 81.7 cm³/mol. The number of imidazole rings is 1. The summed E-state index contributed by atoms with van der Waals surface area (Å²) >= 11 is 12.3. The zero-order valence-electron chi connectivity index (χ0n) is 11.1. The second-order valence-electron chi connectivity index (χ2n) is 4.47. The molecular formula is C13H13Cl2N5. The molecule has 0 bridgehead atoms. The lowest BCUT2D eigenvalue weighted by atomic mass is 10.3. The summed E-state index contributed by atoms with van der Waals surface area (Å²) in [5.41, 5.74) is 9.19. The number of hydrogen-bond donors (Lipinski definition) is 1. The number of nitrogens with zero attached hydrogens (tertiary/aromatic N) is 4. The Kier molecular flexibility index (Phi) is 3.11. The van der Waals surface area contributed by atoms with E-state index in [1.165, 1.54) is 0 Å². The van der Waals surface area contributed by atoms with Crippen molar-refractivity contribution in [1.29, 1.82) is 0 Å². The van der Waals surface area contributed by atoms with Crippen LogP contribution in [0.2, 0.25) is 10.0 Å². The number of fused-ring (bicyclic) bond motifs is 1. The van der Waals surface area contributed by atoms with Gasteiger partial charge in [-0.2, -0.15) is 5.10 Å². The first-order chi connectivity index (χ1) is 9.52. The summed E-state index contributed by atoms with van der Waals surface area (Å²) in [5.74, 6) is 0.367. The molecular weight excluding hydrogens is 297 g/mol. The minimum Gasteiger partial charge on any atom is -0.369 e. The fraction of sp³-hybridized carbons (Fsp3) is 0.231. The van der Waals surface area contributed by atoms with Crippen molar-refractivity contribution < 1.29 is 0 Å². The lowest BCUT2D eigenvalue weighted by molar-refractivity contribution is 0.663. The second-order valence-corrected chi connectivity index (χ2v) is 5.32. The molecule has 3 rings (SSSR count). The predicted octanol–water partition coefficient (Wildman–Crippen LogP) is 3.44. The number of nitrogens with two attached hydrogens (primary N) is 1. The van der Waals surface area contributed by atoms with Crippen LogP contribution in [0, 0.1) is 6.92 Å². The van der Waals surface area contributed by atoms with Crippen LogP contribution in [0.15, 0.2) is 18.2 Å². The number of anilines is 1. The van der Waals surface area contributed by atoms with Crippen LogP contribution in [0.5, 0.6) is 0 Å². The SMILES string of the molecule is CCn1nc(C)c2nc(N)n(-c3cc(Cl)ccc3Cl)c21. The van der Waals surface area contributed by atoms with E-state index in [1.807, 2.05) is 18.5 Å². The van der Waals surface area contributed by atoms with Crippen LogP contribution < -0.4 is 5.73 Å². The van der Waals surface area contributed by atoms with Gasteiger partial charge in [-0.15, -0.1) is 0 Å². The molecule has 1 aromatic carbocycles. The van der Waals surface area contributed by atoms with Crippen LogP contribution in [0.1, 0.15) is 12.6 Å². The van der Waals surface area contributed by atoms with Crippen molar-refractivity contribution in [2.75, 3.05) is 5.73 Å². The summed E-state index contributed by atoms with van der Waals surface area (Å²) in [4.78, 5) is 4.38. The van der Waals surface area contributed by atoms with Gasteiger partial charge < -0.3 is 5.73 Å². The molecule has 2 aromatic heterocycles. The molecule has 0 unspecified atom stereocenters. The Morgan fingerprint density at radius 2 is 2.05 bits per heavy atom. The van der Waals surface area contributed by atoms with Crippen molar-refractivity contribution in [1.82, 2.24) is 19.3 Å². The van der Waals surface area contributed by atoms with Gasteiger partial charge in [0.1, 0.15) is 5.52 Å². The van der Waals surface area contributed by atoms with E-state index in [1.54, 1.807) is 22.8 Å². The maximum atomic E-state index is 6.27. The molecule has 0 saturated heterocycles. The van der Waals surface area contributed by atoms with Gasteiger partial charge in [0.05, 0.1) is 16.4 Å². The highest BCUT2D eigenvalue weighted by Crippen LogP contribution is 2.31. The van der Waals surface area contributed by atoms with E-state index < -0.39 is 0 Å². The fourth-order valence-corrected chi connectivity index (χ4v) is 2.67. The molecule has 7 heteroatoms. The first kappa shape index (κ1) is 13.3. The Morgan fingerprint density at radius 1 is 1.30 bits per heavy atom. The van der Waals surface area contributed by atoms with Crippen molar-refractivity contribution in [3.05, 3.63) is 33.9 Å². The van der Waals surface area contributed by atoms with Gasteiger partial charge in [-0.05, 0) is 32.0 Å². The molecule has 0 atom stereocenters. The van der Waals surface area contributed by atoms with Crippen LogP contribution in [-0.2, 0) is 6.54 Å². The molecule has 104 valence electrons. The molecule has 3 aromatic rings. The van der Waals surface area contributed by atoms with Gasteiger partial charge in [0.15, 0.2) is 5.65 Å². The summed E-state index contributed by atoms with van der Waals surface area (Å²) in [6.45, 7) is 4.64. The van der Waals surface area contributed by atoms with Gasteiger partial charge in [0.2, 0.25) is 5.95 Å². The minimum atomic E-state index is 0.367. The van der Waals surface area contributed by atoms with E-state index in [-0.39, 0.29) is 0 Å². The summed E-state index contributed by atoms with van der Waals surface area (Å²) in [7, 11) is 0. The topological polar surface area (TPSA) is 61.7 Å². The molecule has 0 aliphatic heterocycles. The fourth-order valence-electron chi connectivity index (χ4n) is 2.30. The molecule has 0 saturated carbocycles. The van der Waals surface area contributed by atoms with E-state index in [0.717, 1.165) is 16.9 Å². The number of aryl methyl sites for hydroxylation is 2. The third kappa shape index (κ3) is 1.85. The molecule has 0 radical (unpaired) electrons. The first-order valence-corrected chi connectivity index (χ1v) is 6.95. The van der Waals surface area contributed by atoms with Crippen molar-refractivity contribution in [2.45, 2.75) is 20.4 Å². The number of hydrogen-bond acceptors (Lipinski definition) is 3. The lowest BCUT2D eigenvalue weighted by Crippen LogP contribution is -2.07. The van der Waals surface area contributed by atoms with Gasteiger partial charge in [0.25, 0.3) is 0 Å². The van der Waals surface area contributed by atoms with Gasteiger partial charge in [-0.3, -0.25) is 4.57 Å². The van der Waals surface area contributed by atoms with Gasteiger partial charge in [-0.25, -0.2) is 9.67 Å². The molecule has 0 aliphatic rings. The van der Waals surface area contributed by atoms with Gasteiger partial charge in [-0.1, -0.05) is 23.2 Å². The normalized spacial score (nSPS) is 11.4. The van der Waals surface area contributed by atoms with Crippen LogP contribution >= 0.6 is 23.2 Å². The quantitative estimate of drug-likeness (QED) is 0.788. The van der Waals surface area contributed by atoms with Crippen LogP contribution in [-0.4, -0.2) is 19.3 Å². The highest BCUT2D eigenvalue weighted by atomic mass is 35.5. The van der Waals surface area contributed by atoms with Crippen molar-refractivity contribution in [3.63, 3.8) is 0 Å². The van der Waals surface area contributed by atoms with Crippen LogP contribution in [0.4, 0.5) is 5.95 Å². The third-order valence-corrected chi connectivity index (χ3v) is 3.74. The van der Waals surface area contributed by atoms with E-state index in [9.17, 15) is 0 Å². The average molecular weight is 310 g/mol. The average Bonchev–Trinajstić information content (AvgIpc) is 2.90. The Hall–Kier alpha value is -1.72. The largest absolute Gasteiger partial charge is 0.369 e. The maximum Gasteiger partial charge on any atom is 0.207 e. The van der Waals surface area contributed by atoms with E-state index >= 15 is 0 Å². The molecule has 0 aliphatic carbocycles. The van der Waals surface area contributed by atoms with Gasteiger partial charge in [0, 0.05) is 11.6 Å². The van der Waals surface area contributed by atoms with Gasteiger partial charge >= 0.3 is 0 Å². The highest BCUT2D eigenvalue weighted by molar-refractivity contribution is 6.34. The Labute approximate surface area is 125 Å².